The topological polar surface area (TPSA) is 59.3 Å². The minimum Gasteiger partial charge on any atom is -0.489 e. The summed E-state index contributed by atoms with van der Waals surface area (Å²) in [4.78, 5) is 11.3. The lowest BCUT2D eigenvalue weighted by molar-refractivity contribution is -0.140. The van der Waals surface area contributed by atoms with Crippen LogP contribution in [0.25, 0.3) is 5.57 Å². The largest absolute Gasteiger partial charge is 0.489 e. The molecule has 0 radical (unpaired) electrons. The van der Waals surface area contributed by atoms with Gasteiger partial charge in [-0.15, -0.1) is 0 Å². The van der Waals surface area contributed by atoms with Gasteiger partial charge in [0, 0.05) is 6.42 Å². The third kappa shape index (κ3) is 5.85. The van der Waals surface area contributed by atoms with Crippen LogP contribution in [0.4, 0.5) is 0 Å². The summed E-state index contributed by atoms with van der Waals surface area (Å²) in [5.74, 6) is 0.719. The molecule has 2 aliphatic carbocycles. The van der Waals surface area contributed by atoms with E-state index in [2.05, 4.69) is 42.5 Å². The second-order valence-electron chi connectivity index (χ2n) is 9.28. The summed E-state index contributed by atoms with van der Waals surface area (Å²) in [5, 5.41) is 9.48. The van der Waals surface area contributed by atoms with Crippen molar-refractivity contribution in [3.63, 3.8) is 0 Å². The first kappa shape index (κ1) is 23.1. The standard InChI is InChI=1S/C29H33NO3/c1-32-28(31)9-5-6-22-10-16-26(17-11-22)33-20-24-7-3-2-4-8-27(24)23-12-14-25(15-13-23)29(21-30)18-19-29/h10-17H,2-9,18-20H2,1H3. The molecule has 0 heterocycles. The van der Waals surface area contributed by atoms with Crippen LogP contribution >= 0.6 is 0 Å². The summed E-state index contributed by atoms with van der Waals surface area (Å²) in [5.41, 5.74) is 6.21. The van der Waals surface area contributed by atoms with E-state index in [1.54, 1.807) is 0 Å². The molecule has 0 atom stereocenters. The predicted octanol–water partition coefficient (Wildman–Crippen LogP) is 6.53. The summed E-state index contributed by atoms with van der Waals surface area (Å²) in [7, 11) is 1.43. The number of carbonyl (C=O) groups is 1. The van der Waals surface area contributed by atoms with Crippen LogP contribution in [-0.4, -0.2) is 19.7 Å². The predicted molar refractivity (Wildman–Crippen MR) is 130 cm³/mol. The average Bonchev–Trinajstić information content (AvgIpc) is 3.68. The number of rotatable bonds is 9. The van der Waals surface area contributed by atoms with Crippen LogP contribution in [0, 0.1) is 11.3 Å². The van der Waals surface area contributed by atoms with Crippen LogP contribution in [-0.2, 0) is 21.4 Å². The number of nitrogens with zero attached hydrogens (tertiary/aromatic N) is 1. The zero-order valence-corrected chi connectivity index (χ0v) is 19.6. The molecule has 1 fully saturated rings. The summed E-state index contributed by atoms with van der Waals surface area (Å²) < 4.78 is 10.9. The first-order valence-electron chi connectivity index (χ1n) is 12.2. The van der Waals surface area contributed by atoms with Crippen LogP contribution < -0.4 is 4.74 Å². The van der Waals surface area contributed by atoms with Crippen molar-refractivity contribution in [1.82, 2.24) is 0 Å². The van der Waals surface area contributed by atoms with Gasteiger partial charge in [0.2, 0.25) is 0 Å². The fourth-order valence-electron chi connectivity index (χ4n) is 4.69. The van der Waals surface area contributed by atoms with Crippen molar-refractivity contribution in [2.45, 2.75) is 69.6 Å². The Bertz CT molecular complexity index is 1020. The van der Waals surface area contributed by atoms with Gasteiger partial charge in [-0.2, -0.15) is 5.26 Å². The van der Waals surface area contributed by atoms with Crippen molar-refractivity contribution in [3.8, 4) is 11.8 Å². The van der Waals surface area contributed by atoms with Crippen molar-refractivity contribution >= 4 is 11.5 Å². The molecule has 4 nitrogen and oxygen atoms in total. The maximum absolute atomic E-state index is 11.3. The number of hydrogen-bond acceptors (Lipinski definition) is 4. The molecule has 0 bridgehead atoms. The van der Waals surface area contributed by atoms with E-state index in [-0.39, 0.29) is 11.4 Å². The van der Waals surface area contributed by atoms with Gasteiger partial charge >= 0.3 is 5.97 Å². The minimum absolute atomic E-state index is 0.158. The van der Waals surface area contributed by atoms with Crippen molar-refractivity contribution in [1.29, 1.82) is 5.26 Å². The normalized spacial score (nSPS) is 17.1. The van der Waals surface area contributed by atoms with Gasteiger partial charge < -0.3 is 9.47 Å². The number of carbonyl (C=O) groups excluding carboxylic acids is 1. The van der Waals surface area contributed by atoms with Crippen LogP contribution in [0.3, 0.4) is 0 Å². The fraction of sp³-hybridized carbons (Fsp3) is 0.448. The van der Waals surface area contributed by atoms with Gasteiger partial charge in [0.05, 0.1) is 18.6 Å². The highest BCUT2D eigenvalue weighted by Crippen LogP contribution is 2.47. The first-order chi connectivity index (χ1) is 16.1. The Morgan fingerprint density at radius 2 is 1.73 bits per heavy atom. The number of aryl methyl sites for hydroxylation is 1. The van der Waals surface area contributed by atoms with Crippen molar-refractivity contribution in [2.24, 2.45) is 0 Å². The summed E-state index contributed by atoms with van der Waals surface area (Å²) in [6.07, 6.45) is 9.88. The SMILES string of the molecule is COC(=O)CCCc1ccc(OCC2=C(c3ccc(C4(C#N)CC4)cc3)CCCCC2)cc1. The first-order valence-corrected chi connectivity index (χ1v) is 12.2. The quantitative estimate of drug-likeness (QED) is 0.413. The molecule has 0 aliphatic heterocycles. The highest BCUT2D eigenvalue weighted by Gasteiger charge is 2.44. The molecule has 0 amide bonds. The molecule has 1 saturated carbocycles. The van der Waals surface area contributed by atoms with Gasteiger partial charge in [-0.3, -0.25) is 4.79 Å². The molecule has 0 spiro atoms. The third-order valence-electron chi connectivity index (χ3n) is 6.99. The van der Waals surface area contributed by atoms with Gasteiger partial charge in [-0.1, -0.05) is 42.8 Å². The number of methoxy groups -OCH3 is 1. The maximum Gasteiger partial charge on any atom is 0.305 e. The molecule has 2 aliphatic rings. The maximum atomic E-state index is 11.3. The molecule has 2 aromatic rings. The lowest BCUT2D eigenvalue weighted by Crippen LogP contribution is -2.05. The van der Waals surface area contributed by atoms with Gasteiger partial charge in [-0.05, 0) is 91.3 Å². The highest BCUT2D eigenvalue weighted by molar-refractivity contribution is 5.70. The zero-order valence-electron chi connectivity index (χ0n) is 19.6. The molecule has 0 N–H and O–H groups in total. The van der Waals surface area contributed by atoms with E-state index in [4.69, 9.17) is 9.47 Å². The van der Waals surface area contributed by atoms with Crippen molar-refractivity contribution in [2.75, 3.05) is 13.7 Å². The van der Waals surface area contributed by atoms with E-state index in [1.807, 2.05) is 12.1 Å². The molecule has 0 aromatic heterocycles. The summed E-state index contributed by atoms with van der Waals surface area (Å²) in [6.45, 7) is 0.612. The van der Waals surface area contributed by atoms with E-state index in [9.17, 15) is 10.1 Å². The molecule has 2 aromatic carbocycles. The Morgan fingerprint density at radius 3 is 2.39 bits per heavy atom. The molecular weight excluding hydrogens is 410 g/mol. The van der Waals surface area contributed by atoms with E-state index >= 15 is 0 Å². The number of allylic oxidation sites excluding steroid dienone is 1. The molecule has 33 heavy (non-hydrogen) atoms. The minimum atomic E-state index is -0.228. The van der Waals surface area contributed by atoms with Crippen LogP contribution in [0.5, 0.6) is 5.75 Å². The van der Waals surface area contributed by atoms with Crippen LogP contribution in [0.2, 0.25) is 0 Å². The molecule has 0 saturated heterocycles. The third-order valence-corrected chi connectivity index (χ3v) is 6.99. The Balaban J connectivity index is 1.40. The Kier molecular flexibility index (Phi) is 7.50. The highest BCUT2D eigenvalue weighted by atomic mass is 16.5. The van der Waals surface area contributed by atoms with Crippen LogP contribution in [0.15, 0.2) is 54.1 Å². The number of hydrogen-bond donors (Lipinski definition) is 0. The van der Waals surface area contributed by atoms with E-state index in [0.717, 1.165) is 49.8 Å². The van der Waals surface area contributed by atoms with Crippen molar-refractivity contribution < 1.29 is 14.3 Å². The molecule has 172 valence electrons. The molecule has 0 unspecified atom stereocenters. The molecular formula is C29H33NO3. The van der Waals surface area contributed by atoms with Gasteiger partial charge in [0.1, 0.15) is 12.4 Å². The Morgan fingerprint density at radius 1 is 1.00 bits per heavy atom. The van der Waals surface area contributed by atoms with Crippen LogP contribution in [0.1, 0.15) is 74.5 Å². The number of esters is 1. The molecule has 4 rings (SSSR count). The molecule has 4 heteroatoms. The lowest BCUT2D eigenvalue weighted by Gasteiger charge is -2.16. The van der Waals surface area contributed by atoms with Gasteiger partial charge in [-0.25, -0.2) is 0 Å². The van der Waals surface area contributed by atoms with E-state index < -0.39 is 0 Å². The van der Waals surface area contributed by atoms with E-state index in [1.165, 1.54) is 48.6 Å². The smallest absolute Gasteiger partial charge is 0.305 e. The number of ether oxygens (including phenoxy) is 2. The second-order valence-corrected chi connectivity index (χ2v) is 9.28. The van der Waals surface area contributed by atoms with Gasteiger partial charge in [0.25, 0.3) is 0 Å². The number of nitriles is 1. The summed E-state index contributed by atoms with van der Waals surface area (Å²) in [6, 6.07) is 19.4. The zero-order chi connectivity index (χ0) is 23.1. The van der Waals surface area contributed by atoms with Gasteiger partial charge in [0.15, 0.2) is 0 Å². The van der Waals surface area contributed by atoms with E-state index in [0.29, 0.717) is 13.0 Å². The fourth-order valence-corrected chi connectivity index (χ4v) is 4.69. The Labute approximate surface area is 197 Å². The second kappa shape index (κ2) is 10.7. The monoisotopic (exact) mass is 443 g/mol. The number of benzene rings is 2. The van der Waals surface area contributed by atoms with Crippen molar-refractivity contribution in [3.05, 3.63) is 70.8 Å². The summed E-state index contributed by atoms with van der Waals surface area (Å²) >= 11 is 0. The average molecular weight is 444 g/mol. The Hall–Kier alpha value is -3.06. The lowest BCUT2D eigenvalue weighted by atomic mass is 9.92.